The molecule has 0 aliphatic carbocycles. The minimum absolute atomic E-state index is 0.254. The van der Waals surface area contributed by atoms with E-state index in [0.29, 0.717) is 18.9 Å². The predicted octanol–water partition coefficient (Wildman–Crippen LogP) is 3.21. The maximum Gasteiger partial charge on any atom is 0.319 e. The quantitative estimate of drug-likeness (QED) is 0.560. The summed E-state index contributed by atoms with van der Waals surface area (Å²) in [6.45, 7) is 4.30. The van der Waals surface area contributed by atoms with Crippen LogP contribution in [0.4, 0.5) is 0 Å². The Kier molecular flexibility index (Phi) is 6.77. The van der Waals surface area contributed by atoms with Crippen LogP contribution in [0.25, 0.3) is 0 Å². The number of aromatic hydroxyl groups is 1. The minimum atomic E-state index is -0.715. The summed E-state index contributed by atoms with van der Waals surface area (Å²) in [4.78, 5) is 12.4. The number of carbonyl (C=O) groups excluding carboxylic acids is 1. The molecule has 0 fully saturated rings. The Morgan fingerprint density at radius 1 is 1.08 bits per heavy atom. The summed E-state index contributed by atoms with van der Waals surface area (Å²) in [5, 5.41) is 9.37. The van der Waals surface area contributed by atoms with E-state index >= 15 is 0 Å². The highest BCUT2D eigenvalue weighted by Gasteiger charge is 2.30. The van der Waals surface area contributed by atoms with Crippen LogP contribution in [0.2, 0.25) is 0 Å². The molecule has 0 saturated carbocycles. The number of carbonyl (C=O) groups is 1. The molecule has 0 bridgehead atoms. The van der Waals surface area contributed by atoms with Gasteiger partial charge in [0.15, 0.2) is 0 Å². The third-order valence-corrected chi connectivity index (χ3v) is 4.29. The fraction of sp³-hybridized carbons (Fsp3) is 0.381. The van der Waals surface area contributed by atoms with Gasteiger partial charge in [-0.15, -0.1) is 0 Å². The van der Waals surface area contributed by atoms with E-state index in [1.807, 2.05) is 24.3 Å². The lowest BCUT2D eigenvalue weighted by Crippen LogP contribution is -2.33. The van der Waals surface area contributed by atoms with Gasteiger partial charge in [-0.3, -0.25) is 4.79 Å². The number of phenols is 1. The summed E-state index contributed by atoms with van der Waals surface area (Å²) >= 11 is 0. The second-order valence-electron chi connectivity index (χ2n) is 7.01. The molecule has 2 aromatic carbocycles. The number of methoxy groups -OCH3 is 1. The van der Waals surface area contributed by atoms with Crippen molar-refractivity contribution in [2.24, 2.45) is 11.1 Å². The summed E-state index contributed by atoms with van der Waals surface area (Å²) in [6, 6.07) is 12.7. The molecule has 0 unspecified atom stereocenters. The molecule has 0 aliphatic rings. The van der Waals surface area contributed by atoms with Crippen molar-refractivity contribution < 1.29 is 19.4 Å². The summed E-state index contributed by atoms with van der Waals surface area (Å²) in [5.74, 6) is 0.436. The predicted molar refractivity (Wildman–Crippen MR) is 101 cm³/mol. The van der Waals surface area contributed by atoms with Crippen molar-refractivity contribution in [3.63, 3.8) is 0 Å². The van der Waals surface area contributed by atoms with E-state index in [-0.39, 0.29) is 11.7 Å². The Balaban J connectivity index is 2.12. The van der Waals surface area contributed by atoms with Gasteiger partial charge in [-0.2, -0.15) is 0 Å². The highest BCUT2D eigenvalue weighted by Crippen LogP contribution is 2.24. The molecule has 0 spiro atoms. The van der Waals surface area contributed by atoms with Crippen molar-refractivity contribution >= 4 is 5.97 Å². The molecule has 5 heteroatoms. The Morgan fingerprint density at radius 2 is 1.77 bits per heavy atom. The van der Waals surface area contributed by atoms with Crippen LogP contribution in [0.15, 0.2) is 42.5 Å². The molecular weight excluding hydrogens is 330 g/mol. The number of esters is 1. The number of hydrogen-bond donors (Lipinski definition) is 2. The first kappa shape index (κ1) is 19.9. The fourth-order valence-corrected chi connectivity index (χ4v) is 2.70. The zero-order valence-electron chi connectivity index (χ0n) is 15.6. The van der Waals surface area contributed by atoms with E-state index in [9.17, 15) is 9.90 Å². The summed E-state index contributed by atoms with van der Waals surface area (Å²) in [5.41, 5.74) is 8.33. The minimum Gasteiger partial charge on any atom is -0.508 e. The molecular formula is C21H27NO4. The number of rotatable bonds is 8. The smallest absolute Gasteiger partial charge is 0.319 e. The highest BCUT2D eigenvalue weighted by atomic mass is 16.5. The van der Waals surface area contributed by atoms with E-state index in [2.05, 4.69) is 0 Å². The number of hydrogen-bond acceptors (Lipinski definition) is 5. The molecule has 0 atom stereocenters. The van der Waals surface area contributed by atoms with Crippen LogP contribution in [0.3, 0.4) is 0 Å². The van der Waals surface area contributed by atoms with E-state index in [4.69, 9.17) is 15.2 Å². The summed E-state index contributed by atoms with van der Waals surface area (Å²) < 4.78 is 10.6. The first-order valence-electron chi connectivity index (χ1n) is 8.66. The summed E-state index contributed by atoms with van der Waals surface area (Å²) in [6.07, 6.45) is 1.57. The van der Waals surface area contributed by atoms with Gasteiger partial charge in [-0.1, -0.05) is 18.2 Å². The van der Waals surface area contributed by atoms with Gasteiger partial charge < -0.3 is 20.3 Å². The zero-order chi connectivity index (χ0) is 19.2. The zero-order valence-corrected chi connectivity index (χ0v) is 15.6. The van der Waals surface area contributed by atoms with Gasteiger partial charge in [0, 0.05) is 13.7 Å². The summed E-state index contributed by atoms with van der Waals surface area (Å²) in [7, 11) is 1.56. The molecule has 0 aromatic heterocycles. The van der Waals surface area contributed by atoms with Crippen LogP contribution in [0, 0.1) is 5.41 Å². The largest absolute Gasteiger partial charge is 0.508 e. The van der Waals surface area contributed by atoms with Gasteiger partial charge in [0.2, 0.25) is 0 Å². The molecule has 0 saturated heterocycles. The van der Waals surface area contributed by atoms with E-state index in [1.165, 1.54) is 0 Å². The first-order chi connectivity index (χ1) is 12.4. The molecule has 5 nitrogen and oxygen atoms in total. The molecule has 3 N–H and O–H groups in total. The van der Waals surface area contributed by atoms with Crippen molar-refractivity contribution in [1.29, 1.82) is 0 Å². The third kappa shape index (κ3) is 5.31. The molecule has 2 aromatic rings. The van der Waals surface area contributed by atoms with Crippen molar-refractivity contribution in [3.8, 4) is 11.5 Å². The van der Waals surface area contributed by atoms with Gasteiger partial charge in [0.05, 0.1) is 12.0 Å². The van der Waals surface area contributed by atoms with Gasteiger partial charge in [0.1, 0.15) is 11.5 Å². The second-order valence-corrected chi connectivity index (χ2v) is 7.01. The van der Waals surface area contributed by atoms with Crippen LogP contribution in [-0.2, 0) is 28.9 Å². The molecule has 0 aliphatic heterocycles. The molecule has 26 heavy (non-hydrogen) atoms. The highest BCUT2D eigenvalue weighted by molar-refractivity contribution is 5.78. The van der Waals surface area contributed by atoms with Crippen LogP contribution in [-0.4, -0.2) is 24.8 Å². The maximum absolute atomic E-state index is 12.4. The molecule has 140 valence electrons. The SMILES string of the molecule is COCC(C)(C)C(=O)Oc1ccc(CN)c(CCc2ccc(O)cc2)c1. The number of nitrogens with two attached hydrogens (primary N) is 1. The van der Waals surface area contributed by atoms with Gasteiger partial charge in [-0.05, 0) is 67.6 Å². The number of phenolic OH excluding ortho intramolecular Hbond substituents is 1. The topological polar surface area (TPSA) is 81.8 Å². The lowest BCUT2D eigenvalue weighted by molar-refractivity contribution is -0.146. The monoisotopic (exact) mass is 357 g/mol. The molecule has 0 radical (unpaired) electrons. The average molecular weight is 357 g/mol. The van der Waals surface area contributed by atoms with Crippen LogP contribution >= 0.6 is 0 Å². The van der Waals surface area contributed by atoms with E-state index < -0.39 is 5.41 Å². The third-order valence-electron chi connectivity index (χ3n) is 4.29. The van der Waals surface area contributed by atoms with Gasteiger partial charge >= 0.3 is 5.97 Å². The average Bonchev–Trinajstić information content (AvgIpc) is 2.61. The van der Waals surface area contributed by atoms with Crippen molar-refractivity contribution in [3.05, 3.63) is 59.2 Å². The Hall–Kier alpha value is -2.37. The lowest BCUT2D eigenvalue weighted by Gasteiger charge is -2.21. The lowest BCUT2D eigenvalue weighted by atomic mass is 9.95. The number of ether oxygens (including phenoxy) is 2. The fourth-order valence-electron chi connectivity index (χ4n) is 2.70. The Bertz CT molecular complexity index is 738. The van der Waals surface area contributed by atoms with Crippen molar-refractivity contribution in [2.45, 2.75) is 33.2 Å². The van der Waals surface area contributed by atoms with Crippen molar-refractivity contribution in [2.75, 3.05) is 13.7 Å². The molecule has 2 rings (SSSR count). The van der Waals surface area contributed by atoms with Crippen LogP contribution in [0.5, 0.6) is 11.5 Å². The molecule has 0 amide bonds. The van der Waals surface area contributed by atoms with Gasteiger partial charge in [0.25, 0.3) is 0 Å². The standard InChI is InChI=1S/C21H27NO4/c1-21(2,14-25-3)20(24)26-19-11-8-17(13-22)16(12-19)7-4-15-5-9-18(23)10-6-15/h5-6,8-12,23H,4,7,13-14,22H2,1-3H3. The Morgan fingerprint density at radius 3 is 2.38 bits per heavy atom. The maximum atomic E-state index is 12.4. The normalized spacial score (nSPS) is 11.4. The number of benzene rings is 2. The van der Waals surface area contributed by atoms with E-state index in [0.717, 1.165) is 29.5 Å². The number of aryl methyl sites for hydroxylation is 2. The van der Waals surface area contributed by atoms with E-state index in [1.54, 1.807) is 39.2 Å². The Labute approximate surface area is 154 Å². The van der Waals surface area contributed by atoms with Crippen LogP contribution < -0.4 is 10.5 Å². The van der Waals surface area contributed by atoms with Crippen molar-refractivity contribution in [1.82, 2.24) is 0 Å². The van der Waals surface area contributed by atoms with Crippen LogP contribution in [0.1, 0.15) is 30.5 Å². The first-order valence-corrected chi connectivity index (χ1v) is 8.66. The molecule has 0 heterocycles. The van der Waals surface area contributed by atoms with Gasteiger partial charge in [-0.25, -0.2) is 0 Å². The second kappa shape index (κ2) is 8.83.